The van der Waals surface area contributed by atoms with Crippen molar-refractivity contribution in [2.75, 3.05) is 6.61 Å². The molecule has 8 N–H and O–H groups in total. The van der Waals surface area contributed by atoms with Crippen molar-refractivity contribution >= 4 is 23.7 Å². The summed E-state index contributed by atoms with van der Waals surface area (Å²) in [7, 11) is 0. The van der Waals surface area contributed by atoms with Crippen LogP contribution in [0.2, 0.25) is 0 Å². The average molecular weight is 376 g/mol. The molecule has 3 amide bonds. The highest BCUT2D eigenvalue weighted by molar-refractivity contribution is 5.94. The molecule has 0 spiro atoms. The van der Waals surface area contributed by atoms with Crippen LogP contribution in [0.1, 0.15) is 27.7 Å². The van der Waals surface area contributed by atoms with Crippen molar-refractivity contribution in [3.8, 4) is 0 Å². The first-order valence-corrected chi connectivity index (χ1v) is 8.10. The predicted octanol–water partition coefficient (Wildman–Crippen LogP) is -3.10. The maximum Gasteiger partial charge on any atom is 0.328 e. The van der Waals surface area contributed by atoms with Crippen LogP contribution < -0.4 is 21.7 Å². The number of aliphatic carboxylic acids is 1. The van der Waals surface area contributed by atoms with Crippen LogP contribution in [0.25, 0.3) is 0 Å². The highest BCUT2D eigenvalue weighted by Crippen LogP contribution is 2.04. The molecular formula is C15H28N4O7. The van der Waals surface area contributed by atoms with Gasteiger partial charge in [-0.25, -0.2) is 4.79 Å². The van der Waals surface area contributed by atoms with Crippen LogP contribution in [0, 0.1) is 5.92 Å². The molecular weight excluding hydrogens is 348 g/mol. The summed E-state index contributed by atoms with van der Waals surface area (Å²) >= 11 is 0. The number of carbonyl (C=O) groups excluding carboxylic acids is 3. The molecule has 0 aliphatic carbocycles. The number of hydrogen-bond acceptors (Lipinski definition) is 7. The lowest BCUT2D eigenvalue weighted by Gasteiger charge is -2.25. The summed E-state index contributed by atoms with van der Waals surface area (Å²) in [6.07, 6.45) is -1.11. The van der Waals surface area contributed by atoms with E-state index >= 15 is 0 Å². The second-order valence-corrected chi connectivity index (χ2v) is 6.31. The van der Waals surface area contributed by atoms with Gasteiger partial charge in [-0.05, 0) is 19.8 Å². The molecule has 11 heteroatoms. The molecule has 0 fully saturated rings. The van der Waals surface area contributed by atoms with E-state index in [0.29, 0.717) is 0 Å². The van der Waals surface area contributed by atoms with Gasteiger partial charge in [0.15, 0.2) is 0 Å². The Labute approximate surface area is 151 Å². The highest BCUT2D eigenvalue weighted by atomic mass is 16.4. The minimum Gasteiger partial charge on any atom is -0.480 e. The van der Waals surface area contributed by atoms with Crippen molar-refractivity contribution in [1.29, 1.82) is 0 Å². The fraction of sp³-hybridized carbons (Fsp3) is 0.733. The lowest BCUT2D eigenvalue weighted by atomic mass is 10.0. The number of carboxylic acids is 1. The smallest absolute Gasteiger partial charge is 0.328 e. The molecule has 0 aromatic heterocycles. The van der Waals surface area contributed by atoms with Crippen LogP contribution in [-0.4, -0.2) is 75.9 Å². The van der Waals surface area contributed by atoms with Gasteiger partial charge in [0.05, 0.1) is 12.7 Å². The van der Waals surface area contributed by atoms with E-state index in [4.69, 9.17) is 15.9 Å². The van der Waals surface area contributed by atoms with Gasteiger partial charge in [-0.15, -0.1) is 0 Å². The molecule has 0 bridgehead atoms. The second kappa shape index (κ2) is 10.7. The average Bonchev–Trinajstić information content (AvgIpc) is 2.55. The van der Waals surface area contributed by atoms with Crippen LogP contribution in [0.4, 0.5) is 0 Å². The maximum absolute atomic E-state index is 12.2. The molecule has 11 nitrogen and oxygen atoms in total. The largest absolute Gasteiger partial charge is 0.480 e. The Kier molecular flexibility index (Phi) is 9.76. The minimum atomic E-state index is -1.50. The Morgan fingerprint density at radius 1 is 0.923 bits per heavy atom. The predicted molar refractivity (Wildman–Crippen MR) is 90.7 cm³/mol. The molecule has 0 aliphatic rings. The topological polar surface area (TPSA) is 191 Å². The molecule has 0 aliphatic heterocycles. The third-order valence-electron chi connectivity index (χ3n) is 3.62. The van der Waals surface area contributed by atoms with Crippen molar-refractivity contribution in [3.05, 3.63) is 0 Å². The molecule has 0 heterocycles. The van der Waals surface area contributed by atoms with Crippen molar-refractivity contribution in [2.24, 2.45) is 11.7 Å². The van der Waals surface area contributed by atoms with Crippen LogP contribution in [0.15, 0.2) is 0 Å². The summed E-state index contributed by atoms with van der Waals surface area (Å²) in [5, 5.41) is 34.0. The number of rotatable bonds is 10. The molecule has 0 aromatic rings. The van der Waals surface area contributed by atoms with Gasteiger partial charge in [0, 0.05) is 0 Å². The Hall–Kier alpha value is -2.24. The molecule has 0 saturated heterocycles. The zero-order chi connectivity index (χ0) is 20.6. The fourth-order valence-electron chi connectivity index (χ4n) is 1.85. The number of aliphatic hydroxyl groups excluding tert-OH is 2. The van der Waals surface area contributed by atoms with E-state index in [1.54, 1.807) is 13.8 Å². The quantitative estimate of drug-likeness (QED) is 0.208. The Bertz CT molecular complexity index is 524. The molecule has 0 rings (SSSR count). The maximum atomic E-state index is 12.2. The van der Waals surface area contributed by atoms with E-state index in [9.17, 15) is 24.3 Å². The van der Waals surface area contributed by atoms with Gasteiger partial charge in [0.1, 0.15) is 24.2 Å². The van der Waals surface area contributed by atoms with Gasteiger partial charge < -0.3 is 37.0 Å². The third kappa shape index (κ3) is 7.33. The van der Waals surface area contributed by atoms with Gasteiger partial charge in [-0.1, -0.05) is 13.8 Å². The first kappa shape index (κ1) is 23.8. The van der Waals surface area contributed by atoms with Crippen molar-refractivity contribution in [2.45, 2.75) is 58.0 Å². The van der Waals surface area contributed by atoms with Crippen LogP contribution >= 0.6 is 0 Å². The number of nitrogens with one attached hydrogen (secondary N) is 3. The molecule has 150 valence electrons. The lowest BCUT2D eigenvalue weighted by molar-refractivity contribution is -0.143. The summed E-state index contributed by atoms with van der Waals surface area (Å²) in [4.78, 5) is 47.1. The SMILES string of the molecule is CC(NC(=O)C(N)C(C)O)C(=O)NC(C(=O)NC(CO)C(=O)O)C(C)C. The van der Waals surface area contributed by atoms with E-state index in [0.717, 1.165) is 0 Å². The second-order valence-electron chi connectivity index (χ2n) is 6.31. The molecule has 5 unspecified atom stereocenters. The van der Waals surface area contributed by atoms with E-state index in [1.807, 2.05) is 0 Å². The first-order valence-electron chi connectivity index (χ1n) is 8.10. The van der Waals surface area contributed by atoms with Crippen LogP contribution in [0.5, 0.6) is 0 Å². The standard InChI is InChI=1S/C15H28N4O7/c1-6(2)11(14(24)18-9(5-20)15(25)26)19-12(22)7(3)17-13(23)10(16)8(4)21/h6-11,20-21H,5,16H2,1-4H3,(H,17,23)(H,18,24)(H,19,22)(H,25,26). The molecule has 0 aromatic carbocycles. The van der Waals surface area contributed by atoms with Gasteiger partial charge in [0.25, 0.3) is 0 Å². The van der Waals surface area contributed by atoms with Crippen LogP contribution in [-0.2, 0) is 19.2 Å². The minimum absolute atomic E-state index is 0.394. The fourth-order valence-corrected chi connectivity index (χ4v) is 1.85. The van der Waals surface area contributed by atoms with E-state index in [-0.39, 0.29) is 0 Å². The first-order chi connectivity index (χ1) is 11.9. The highest BCUT2D eigenvalue weighted by Gasteiger charge is 2.30. The van der Waals surface area contributed by atoms with Crippen molar-refractivity contribution < 1.29 is 34.5 Å². The molecule has 0 saturated carbocycles. The van der Waals surface area contributed by atoms with E-state index < -0.39 is 66.5 Å². The number of carboxylic acid groups (broad SMARTS) is 1. The summed E-state index contributed by atoms with van der Waals surface area (Å²) in [5.74, 6) is -4.02. The van der Waals surface area contributed by atoms with Gasteiger partial charge in [-0.3, -0.25) is 14.4 Å². The number of carbonyl (C=O) groups is 4. The Morgan fingerprint density at radius 3 is 1.85 bits per heavy atom. The van der Waals surface area contributed by atoms with Gasteiger partial charge >= 0.3 is 5.97 Å². The summed E-state index contributed by atoms with van der Waals surface area (Å²) in [6, 6.07) is -4.84. The van der Waals surface area contributed by atoms with Crippen LogP contribution in [0.3, 0.4) is 0 Å². The van der Waals surface area contributed by atoms with E-state index in [2.05, 4.69) is 16.0 Å². The summed E-state index contributed by atoms with van der Waals surface area (Å²) in [5.41, 5.74) is 5.47. The molecule has 0 radical (unpaired) electrons. The summed E-state index contributed by atoms with van der Waals surface area (Å²) < 4.78 is 0. The van der Waals surface area contributed by atoms with Gasteiger partial charge in [-0.2, -0.15) is 0 Å². The summed E-state index contributed by atoms with van der Waals surface area (Å²) in [6.45, 7) is 5.15. The lowest BCUT2D eigenvalue weighted by Crippen LogP contribution is -2.58. The third-order valence-corrected chi connectivity index (χ3v) is 3.62. The zero-order valence-corrected chi connectivity index (χ0v) is 15.2. The monoisotopic (exact) mass is 376 g/mol. The number of amides is 3. The van der Waals surface area contributed by atoms with Crippen molar-refractivity contribution in [3.63, 3.8) is 0 Å². The molecule has 26 heavy (non-hydrogen) atoms. The molecule has 5 atom stereocenters. The number of hydrogen-bond donors (Lipinski definition) is 7. The van der Waals surface area contributed by atoms with E-state index in [1.165, 1.54) is 13.8 Å². The zero-order valence-electron chi connectivity index (χ0n) is 15.2. The van der Waals surface area contributed by atoms with Gasteiger partial charge in [0.2, 0.25) is 17.7 Å². The Morgan fingerprint density at radius 2 is 1.46 bits per heavy atom. The Balaban J connectivity index is 4.93. The number of aliphatic hydroxyl groups is 2. The number of nitrogens with two attached hydrogens (primary N) is 1. The normalized spacial score (nSPS) is 16.8. The van der Waals surface area contributed by atoms with Crippen molar-refractivity contribution in [1.82, 2.24) is 16.0 Å².